The van der Waals surface area contributed by atoms with Crippen LogP contribution in [0.3, 0.4) is 0 Å². The van der Waals surface area contributed by atoms with Crippen LogP contribution in [0.25, 0.3) is 0 Å². The second-order valence-corrected chi connectivity index (χ2v) is 7.45. The Hall–Kier alpha value is -1.20. The van der Waals surface area contributed by atoms with Crippen molar-refractivity contribution >= 4 is 27.6 Å². The Morgan fingerprint density at radius 3 is 2.30 bits per heavy atom. The third-order valence-corrected chi connectivity index (χ3v) is 5.23. The van der Waals surface area contributed by atoms with Gasteiger partial charge in [-0.05, 0) is 37.8 Å². The molecule has 4 nitrogen and oxygen atoms in total. The minimum Gasteiger partial charge on any atom is -0.353 e. The summed E-state index contributed by atoms with van der Waals surface area (Å²) in [4.78, 5) is 26.7. The summed E-state index contributed by atoms with van der Waals surface area (Å²) >= 11 is 3.35. The number of halogens is 1. The van der Waals surface area contributed by atoms with E-state index < -0.39 is 0 Å². The maximum absolute atomic E-state index is 12.1. The van der Waals surface area contributed by atoms with Gasteiger partial charge in [-0.25, -0.2) is 0 Å². The largest absolute Gasteiger partial charge is 0.353 e. The number of likely N-dealkylation sites (tertiary alicyclic amines) is 1. The number of benzene rings is 1. The number of carbonyl (C=O) groups excluding carboxylic acids is 2. The van der Waals surface area contributed by atoms with Crippen LogP contribution in [0.15, 0.2) is 28.7 Å². The molecule has 0 unspecified atom stereocenters. The fourth-order valence-electron chi connectivity index (χ4n) is 3.16. The molecule has 1 N–H and O–H groups in total. The molecule has 0 aromatic heterocycles. The van der Waals surface area contributed by atoms with Gasteiger partial charge in [-0.15, -0.1) is 0 Å². The number of Topliss-reactive ketones (excluding diaryl/α,β-unsaturated/α-hetero) is 1. The van der Waals surface area contributed by atoms with Crippen molar-refractivity contribution in [3.63, 3.8) is 0 Å². The van der Waals surface area contributed by atoms with Crippen molar-refractivity contribution in [2.75, 3.05) is 13.1 Å². The van der Waals surface area contributed by atoms with Crippen molar-refractivity contribution in [2.24, 2.45) is 0 Å². The van der Waals surface area contributed by atoms with Gasteiger partial charge < -0.3 is 10.2 Å². The van der Waals surface area contributed by atoms with Gasteiger partial charge in [0.15, 0.2) is 5.78 Å². The summed E-state index contributed by atoms with van der Waals surface area (Å²) in [5.74, 6) is 0.0246. The minimum absolute atomic E-state index is 0.000309. The lowest BCUT2D eigenvalue weighted by atomic mass is 10.0. The van der Waals surface area contributed by atoms with Crippen LogP contribution in [0.1, 0.15) is 48.9 Å². The molecule has 2 fully saturated rings. The van der Waals surface area contributed by atoms with Crippen molar-refractivity contribution < 1.29 is 9.59 Å². The standard InChI is InChI=1S/C18H23BrN2O2/c19-14-3-1-13(2-4-14)17(22)7-8-18(23)20-15-9-11-21(12-10-15)16-5-6-16/h1-4,15-16H,5-12H2,(H,20,23). The Morgan fingerprint density at radius 2 is 1.70 bits per heavy atom. The van der Waals surface area contributed by atoms with E-state index in [1.165, 1.54) is 12.8 Å². The van der Waals surface area contributed by atoms with E-state index in [1.54, 1.807) is 12.1 Å². The zero-order chi connectivity index (χ0) is 16.2. The first-order valence-corrected chi connectivity index (χ1v) is 9.23. The fraction of sp³-hybridized carbons (Fsp3) is 0.556. The number of ketones is 1. The van der Waals surface area contributed by atoms with E-state index in [2.05, 4.69) is 26.1 Å². The molecule has 3 rings (SSSR count). The average Bonchev–Trinajstić information content (AvgIpc) is 3.39. The van der Waals surface area contributed by atoms with Gasteiger partial charge in [0.25, 0.3) is 0 Å². The lowest BCUT2D eigenvalue weighted by Crippen LogP contribution is -2.45. The predicted octanol–water partition coefficient (Wildman–Crippen LogP) is 3.16. The van der Waals surface area contributed by atoms with E-state index in [1.807, 2.05) is 12.1 Å². The summed E-state index contributed by atoms with van der Waals surface area (Å²) in [6, 6.07) is 8.37. The highest BCUT2D eigenvalue weighted by atomic mass is 79.9. The number of hydrogen-bond donors (Lipinski definition) is 1. The van der Waals surface area contributed by atoms with Crippen LogP contribution in [0.5, 0.6) is 0 Å². The molecule has 1 saturated heterocycles. The summed E-state index contributed by atoms with van der Waals surface area (Å²) in [6.45, 7) is 2.18. The molecule has 1 saturated carbocycles. The fourth-order valence-corrected chi connectivity index (χ4v) is 3.42. The van der Waals surface area contributed by atoms with Gasteiger partial charge in [-0.3, -0.25) is 9.59 Å². The van der Waals surface area contributed by atoms with Crippen LogP contribution in [-0.4, -0.2) is 41.8 Å². The molecule has 23 heavy (non-hydrogen) atoms. The Kier molecular flexibility index (Phi) is 5.49. The summed E-state index contributed by atoms with van der Waals surface area (Å²) in [6.07, 6.45) is 5.29. The van der Waals surface area contributed by atoms with E-state index in [0.717, 1.165) is 36.4 Å². The molecular formula is C18H23BrN2O2. The highest BCUT2D eigenvalue weighted by molar-refractivity contribution is 9.10. The quantitative estimate of drug-likeness (QED) is 0.773. The number of nitrogens with one attached hydrogen (secondary N) is 1. The van der Waals surface area contributed by atoms with Crippen LogP contribution in [0, 0.1) is 0 Å². The Morgan fingerprint density at radius 1 is 1.04 bits per heavy atom. The lowest BCUT2D eigenvalue weighted by molar-refractivity contribution is -0.122. The molecule has 1 heterocycles. The smallest absolute Gasteiger partial charge is 0.220 e. The van der Waals surface area contributed by atoms with Crippen molar-refractivity contribution in [3.05, 3.63) is 34.3 Å². The third-order valence-electron chi connectivity index (χ3n) is 4.70. The van der Waals surface area contributed by atoms with Gasteiger partial charge in [0.05, 0.1) is 0 Å². The highest BCUT2D eigenvalue weighted by Gasteiger charge is 2.32. The molecular weight excluding hydrogens is 356 g/mol. The molecule has 1 amide bonds. The molecule has 0 atom stereocenters. The second-order valence-electron chi connectivity index (χ2n) is 6.54. The summed E-state index contributed by atoms with van der Waals surface area (Å²) in [7, 11) is 0. The molecule has 0 radical (unpaired) electrons. The maximum Gasteiger partial charge on any atom is 0.220 e. The first-order valence-electron chi connectivity index (χ1n) is 8.44. The molecule has 0 bridgehead atoms. The summed E-state index contributed by atoms with van der Waals surface area (Å²) in [5.41, 5.74) is 0.666. The molecule has 1 aliphatic heterocycles. The number of nitrogens with zero attached hydrogens (tertiary/aromatic N) is 1. The maximum atomic E-state index is 12.1. The minimum atomic E-state index is 0.000309. The van der Waals surface area contributed by atoms with E-state index in [4.69, 9.17) is 0 Å². The van der Waals surface area contributed by atoms with Crippen LogP contribution in [0.4, 0.5) is 0 Å². The van der Waals surface area contributed by atoms with E-state index in [9.17, 15) is 9.59 Å². The van der Waals surface area contributed by atoms with Crippen LogP contribution in [-0.2, 0) is 4.79 Å². The van der Waals surface area contributed by atoms with Gasteiger partial charge in [-0.1, -0.05) is 28.1 Å². The molecule has 1 aliphatic carbocycles. The van der Waals surface area contributed by atoms with Crippen molar-refractivity contribution in [2.45, 2.75) is 50.6 Å². The molecule has 124 valence electrons. The zero-order valence-electron chi connectivity index (χ0n) is 13.3. The van der Waals surface area contributed by atoms with Crippen molar-refractivity contribution in [1.82, 2.24) is 10.2 Å². The molecule has 5 heteroatoms. The van der Waals surface area contributed by atoms with Gasteiger partial charge in [0.2, 0.25) is 5.91 Å². The molecule has 2 aliphatic rings. The predicted molar refractivity (Wildman–Crippen MR) is 93.5 cm³/mol. The number of amides is 1. The van der Waals surface area contributed by atoms with Gasteiger partial charge in [-0.2, -0.15) is 0 Å². The summed E-state index contributed by atoms with van der Waals surface area (Å²) in [5, 5.41) is 3.09. The van der Waals surface area contributed by atoms with Crippen LogP contribution in [0.2, 0.25) is 0 Å². The molecule has 1 aromatic carbocycles. The van der Waals surface area contributed by atoms with Crippen LogP contribution < -0.4 is 5.32 Å². The van der Waals surface area contributed by atoms with Gasteiger partial charge >= 0.3 is 0 Å². The first kappa shape index (κ1) is 16.7. The Labute approximate surface area is 145 Å². The topological polar surface area (TPSA) is 49.4 Å². The third kappa shape index (κ3) is 4.88. The van der Waals surface area contributed by atoms with Crippen LogP contribution >= 0.6 is 15.9 Å². The van der Waals surface area contributed by atoms with E-state index in [0.29, 0.717) is 5.56 Å². The molecule has 0 spiro atoms. The average molecular weight is 379 g/mol. The lowest BCUT2D eigenvalue weighted by Gasteiger charge is -2.32. The summed E-state index contributed by atoms with van der Waals surface area (Å²) < 4.78 is 0.948. The first-order chi connectivity index (χ1) is 11.1. The number of rotatable bonds is 6. The normalized spacial score (nSPS) is 19.5. The number of piperidine rings is 1. The number of carbonyl (C=O) groups is 2. The van der Waals surface area contributed by atoms with Crippen molar-refractivity contribution in [3.8, 4) is 0 Å². The SMILES string of the molecule is O=C(CCC(=O)c1ccc(Br)cc1)NC1CCN(C2CC2)CC1. The monoisotopic (exact) mass is 378 g/mol. The van der Waals surface area contributed by atoms with Crippen molar-refractivity contribution in [1.29, 1.82) is 0 Å². The Bertz CT molecular complexity index is 561. The number of hydrogen-bond acceptors (Lipinski definition) is 3. The van der Waals surface area contributed by atoms with Gasteiger partial charge in [0, 0.05) is 48.1 Å². The van der Waals surface area contributed by atoms with E-state index in [-0.39, 0.29) is 30.6 Å². The molecule has 1 aromatic rings. The second kappa shape index (κ2) is 7.58. The van der Waals surface area contributed by atoms with E-state index >= 15 is 0 Å². The zero-order valence-corrected chi connectivity index (χ0v) is 14.8. The highest BCUT2D eigenvalue weighted by Crippen LogP contribution is 2.29. The Balaban J connectivity index is 1.37. The van der Waals surface area contributed by atoms with Gasteiger partial charge in [0.1, 0.15) is 0 Å².